The molecule has 2 aromatic rings. The van der Waals surface area contributed by atoms with Gasteiger partial charge in [-0.3, -0.25) is 0 Å². The van der Waals surface area contributed by atoms with Crippen LogP contribution in [-0.4, -0.2) is 4.98 Å². The van der Waals surface area contributed by atoms with Gasteiger partial charge in [-0.15, -0.1) is 0 Å². The van der Waals surface area contributed by atoms with Crippen molar-refractivity contribution in [2.75, 3.05) is 0 Å². The number of hydrogen-bond donors (Lipinski definition) is 1. The Labute approximate surface area is 81.7 Å². The molecule has 0 unspecified atom stereocenters. The Morgan fingerprint density at radius 2 is 1.80 bits per heavy atom. The summed E-state index contributed by atoms with van der Waals surface area (Å²) < 4.78 is 0. The predicted octanol–water partition coefficient (Wildman–Crippen LogP) is -0.828. The first-order valence-corrected chi connectivity index (χ1v) is 2.99. The second-order valence-corrected chi connectivity index (χ2v) is 2.06. The predicted molar refractivity (Wildman–Crippen MR) is 38.3 cm³/mol. The van der Waals surface area contributed by atoms with E-state index in [9.17, 15) is 0 Å². The first kappa shape index (κ1) is 7.86. The van der Waals surface area contributed by atoms with E-state index in [2.05, 4.69) is 23.2 Å². The molecule has 2 rings (SSSR count). The van der Waals surface area contributed by atoms with Crippen molar-refractivity contribution in [1.29, 1.82) is 0 Å². The molecule has 0 saturated heterocycles. The molecule has 1 heterocycles. The standard InChI is InChI=1S/C8H7N.Na/c1-2-4-8-7(3-1)5-6-9-8;/h1-6,9H;/q;+1. The van der Waals surface area contributed by atoms with Gasteiger partial charge in [0.15, 0.2) is 0 Å². The summed E-state index contributed by atoms with van der Waals surface area (Å²) in [6.07, 6.45) is 1.95. The minimum atomic E-state index is 0. The van der Waals surface area contributed by atoms with Gasteiger partial charge in [-0.1, -0.05) is 18.2 Å². The summed E-state index contributed by atoms with van der Waals surface area (Å²) in [7, 11) is 0. The van der Waals surface area contributed by atoms with Crippen LogP contribution in [0.5, 0.6) is 0 Å². The average Bonchev–Trinajstić information content (AvgIpc) is 2.33. The number of para-hydroxylation sites is 1. The molecule has 0 amide bonds. The first-order chi connectivity index (χ1) is 4.47. The minimum absolute atomic E-state index is 0. The zero-order chi connectivity index (χ0) is 6.10. The van der Waals surface area contributed by atoms with E-state index in [4.69, 9.17) is 0 Å². The fourth-order valence-electron chi connectivity index (χ4n) is 0.995. The molecule has 44 valence electrons. The molecular weight excluding hydrogens is 133 g/mol. The second-order valence-electron chi connectivity index (χ2n) is 2.06. The first-order valence-electron chi connectivity index (χ1n) is 2.99. The third-order valence-corrected chi connectivity index (χ3v) is 1.46. The molecule has 1 N–H and O–H groups in total. The molecule has 0 saturated carbocycles. The van der Waals surface area contributed by atoms with Crippen molar-refractivity contribution in [2.24, 2.45) is 0 Å². The van der Waals surface area contributed by atoms with Crippen LogP contribution < -0.4 is 29.6 Å². The number of H-pyrrole nitrogens is 1. The summed E-state index contributed by atoms with van der Waals surface area (Å²) >= 11 is 0. The molecule has 1 aromatic heterocycles. The average molecular weight is 140 g/mol. The Morgan fingerprint density at radius 1 is 1.00 bits per heavy atom. The van der Waals surface area contributed by atoms with Crippen LogP contribution in [0.15, 0.2) is 36.5 Å². The zero-order valence-electron chi connectivity index (χ0n) is 5.96. The molecule has 1 aromatic carbocycles. The molecule has 0 radical (unpaired) electrons. The van der Waals surface area contributed by atoms with Crippen LogP contribution in [0.2, 0.25) is 0 Å². The van der Waals surface area contributed by atoms with E-state index in [1.54, 1.807) is 0 Å². The van der Waals surface area contributed by atoms with Crippen LogP contribution in [0.3, 0.4) is 0 Å². The molecule has 2 heteroatoms. The molecule has 0 bridgehead atoms. The van der Waals surface area contributed by atoms with Gasteiger partial charge >= 0.3 is 29.6 Å². The van der Waals surface area contributed by atoms with Crippen LogP contribution in [0, 0.1) is 0 Å². The second kappa shape index (κ2) is 3.24. The van der Waals surface area contributed by atoms with Crippen molar-refractivity contribution in [3.8, 4) is 0 Å². The Morgan fingerprint density at radius 3 is 2.60 bits per heavy atom. The molecule has 0 atom stereocenters. The fourth-order valence-corrected chi connectivity index (χ4v) is 0.995. The zero-order valence-corrected chi connectivity index (χ0v) is 7.96. The summed E-state index contributed by atoms with van der Waals surface area (Å²) in [5.74, 6) is 0. The number of fused-ring (bicyclic) bond motifs is 1. The van der Waals surface area contributed by atoms with Crippen LogP contribution in [0.1, 0.15) is 0 Å². The van der Waals surface area contributed by atoms with E-state index in [0.29, 0.717) is 0 Å². The van der Waals surface area contributed by atoms with Crippen LogP contribution in [0.4, 0.5) is 0 Å². The van der Waals surface area contributed by atoms with Crippen molar-refractivity contribution in [3.05, 3.63) is 36.5 Å². The van der Waals surface area contributed by atoms with Gasteiger partial charge in [-0.2, -0.15) is 0 Å². The third-order valence-electron chi connectivity index (χ3n) is 1.46. The number of aromatic nitrogens is 1. The summed E-state index contributed by atoms with van der Waals surface area (Å²) in [6.45, 7) is 0. The van der Waals surface area contributed by atoms with Crippen molar-refractivity contribution in [1.82, 2.24) is 4.98 Å². The normalized spacial score (nSPS) is 9.20. The molecule has 10 heavy (non-hydrogen) atoms. The van der Waals surface area contributed by atoms with E-state index in [1.807, 2.05) is 18.3 Å². The van der Waals surface area contributed by atoms with Gasteiger partial charge in [0.05, 0.1) is 0 Å². The number of benzene rings is 1. The van der Waals surface area contributed by atoms with Crippen LogP contribution >= 0.6 is 0 Å². The maximum Gasteiger partial charge on any atom is 1.00 e. The summed E-state index contributed by atoms with van der Waals surface area (Å²) in [5.41, 5.74) is 1.21. The topological polar surface area (TPSA) is 15.8 Å². The van der Waals surface area contributed by atoms with Crippen molar-refractivity contribution >= 4 is 10.9 Å². The molecule has 0 aliphatic rings. The molecule has 0 aliphatic heterocycles. The Balaban J connectivity index is 0.000000500. The van der Waals surface area contributed by atoms with Gasteiger partial charge in [0.25, 0.3) is 0 Å². The van der Waals surface area contributed by atoms with Gasteiger partial charge in [0, 0.05) is 11.7 Å². The van der Waals surface area contributed by atoms with E-state index in [0.717, 1.165) is 0 Å². The monoisotopic (exact) mass is 140 g/mol. The number of rotatable bonds is 0. The van der Waals surface area contributed by atoms with Crippen molar-refractivity contribution in [3.63, 3.8) is 0 Å². The quantitative estimate of drug-likeness (QED) is 0.460. The van der Waals surface area contributed by atoms with E-state index < -0.39 is 0 Å². The Hall–Kier alpha value is -0.240. The SMILES string of the molecule is [Na+].c1ccc2[nH]ccc2c1. The summed E-state index contributed by atoms with van der Waals surface area (Å²) in [4.78, 5) is 3.12. The van der Waals surface area contributed by atoms with Crippen LogP contribution in [-0.2, 0) is 0 Å². The fraction of sp³-hybridized carbons (Fsp3) is 0. The van der Waals surface area contributed by atoms with Gasteiger partial charge < -0.3 is 4.98 Å². The van der Waals surface area contributed by atoms with Gasteiger partial charge in [0.2, 0.25) is 0 Å². The Kier molecular flexibility index (Phi) is 2.55. The smallest absolute Gasteiger partial charge is 0.361 e. The molecule has 0 aliphatic carbocycles. The van der Waals surface area contributed by atoms with Gasteiger partial charge in [-0.25, -0.2) is 0 Å². The maximum absolute atomic E-state index is 3.12. The van der Waals surface area contributed by atoms with Crippen molar-refractivity contribution < 1.29 is 29.6 Å². The Bertz CT molecular complexity index is 283. The number of aromatic amines is 1. The third kappa shape index (κ3) is 1.26. The largest absolute Gasteiger partial charge is 1.00 e. The molecule has 1 nitrogen and oxygen atoms in total. The maximum atomic E-state index is 3.12. The number of nitrogens with one attached hydrogen (secondary N) is 1. The van der Waals surface area contributed by atoms with Gasteiger partial charge in [-0.05, 0) is 17.5 Å². The van der Waals surface area contributed by atoms with Crippen LogP contribution in [0.25, 0.3) is 10.9 Å². The van der Waals surface area contributed by atoms with Gasteiger partial charge in [0.1, 0.15) is 0 Å². The molecular formula is C8H7NNa+. The molecule has 0 spiro atoms. The summed E-state index contributed by atoms with van der Waals surface area (Å²) in [5, 5.41) is 1.28. The van der Waals surface area contributed by atoms with E-state index >= 15 is 0 Å². The minimum Gasteiger partial charge on any atom is -0.361 e. The summed E-state index contributed by atoms with van der Waals surface area (Å²) in [6, 6.07) is 10.3. The molecule has 0 fully saturated rings. The number of hydrogen-bond acceptors (Lipinski definition) is 0. The van der Waals surface area contributed by atoms with E-state index in [-0.39, 0.29) is 29.6 Å². The van der Waals surface area contributed by atoms with Crippen molar-refractivity contribution in [2.45, 2.75) is 0 Å². The van der Waals surface area contributed by atoms with E-state index in [1.165, 1.54) is 10.9 Å².